The molecule has 2 heterocycles. The molecule has 1 aliphatic rings. The molecule has 14 heavy (non-hydrogen) atoms. The number of hydrogen-bond acceptors (Lipinski definition) is 5. The molecule has 4 nitrogen and oxygen atoms in total. The van der Waals surface area contributed by atoms with E-state index in [0.717, 1.165) is 23.2 Å². The van der Waals surface area contributed by atoms with Gasteiger partial charge in [-0.2, -0.15) is 0 Å². The fourth-order valence-electron chi connectivity index (χ4n) is 1.90. The van der Waals surface area contributed by atoms with Crippen LogP contribution in [0.2, 0.25) is 0 Å². The Labute approximate surface area is 88.1 Å². The summed E-state index contributed by atoms with van der Waals surface area (Å²) in [7, 11) is 0. The molecule has 1 aliphatic heterocycles. The Hall–Kier alpha value is -0.680. The topological polar surface area (TPSA) is 55.0 Å². The van der Waals surface area contributed by atoms with Gasteiger partial charge in [-0.1, -0.05) is 11.3 Å². The number of piperidine rings is 1. The second kappa shape index (κ2) is 4.23. The average molecular weight is 212 g/mol. The SMILES string of the molecule is Cc1nnc(N2CCCCC2CN)s1. The van der Waals surface area contributed by atoms with Crippen molar-refractivity contribution in [3.05, 3.63) is 5.01 Å². The molecule has 78 valence electrons. The molecule has 1 aromatic heterocycles. The predicted octanol–water partition coefficient (Wildman–Crippen LogP) is 1.16. The van der Waals surface area contributed by atoms with Crippen LogP contribution in [0.5, 0.6) is 0 Å². The first kappa shape index (κ1) is 9.86. The molecule has 0 saturated carbocycles. The van der Waals surface area contributed by atoms with Crippen molar-refractivity contribution in [1.82, 2.24) is 10.2 Å². The van der Waals surface area contributed by atoms with Gasteiger partial charge >= 0.3 is 0 Å². The van der Waals surface area contributed by atoms with E-state index in [2.05, 4.69) is 15.1 Å². The van der Waals surface area contributed by atoms with Crippen LogP contribution in [0.15, 0.2) is 0 Å². The summed E-state index contributed by atoms with van der Waals surface area (Å²) in [5, 5.41) is 10.3. The average Bonchev–Trinajstić information content (AvgIpc) is 2.65. The Balaban J connectivity index is 2.14. The van der Waals surface area contributed by atoms with E-state index in [9.17, 15) is 0 Å². The minimum Gasteiger partial charge on any atom is -0.342 e. The second-order valence-electron chi connectivity index (χ2n) is 3.68. The predicted molar refractivity (Wildman–Crippen MR) is 58.7 cm³/mol. The van der Waals surface area contributed by atoms with E-state index in [1.807, 2.05) is 6.92 Å². The maximum Gasteiger partial charge on any atom is 0.208 e. The highest BCUT2D eigenvalue weighted by molar-refractivity contribution is 7.15. The maximum atomic E-state index is 5.75. The van der Waals surface area contributed by atoms with Gasteiger partial charge in [-0.3, -0.25) is 0 Å². The Bertz CT molecular complexity index is 299. The van der Waals surface area contributed by atoms with Crippen molar-refractivity contribution in [2.45, 2.75) is 32.2 Å². The summed E-state index contributed by atoms with van der Waals surface area (Å²) in [4.78, 5) is 2.31. The minimum absolute atomic E-state index is 0.469. The van der Waals surface area contributed by atoms with Crippen LogP contribution in [0.1, 0.15) is 24.3 Å². The number of nitrogens with zero attached hydrogens (tertiary/aromatic N) is 3. The van der Waals surface area contributed by atoms with Gasteiger partial charge in [0, 0.05) is 19.1 Å². The summed E-state index contributed by atoms with van der Waals surface area (Å²) in [6, 6.07) is 0.469. The van der Waals surface area contributed by atoms with Gasteiger partial charge in [0.05, 0.1) is 0 Å². The lowest BCUT2D eigenvalue weighted by atomic mass is 10.0. The molecule has 0 aromatic carbocycles. The van der Waals surface area contributed by atoms with Gasteiger partial charge in [0.2, 0.25) is 5.13 Å². The molecule has 2 rings (SSSR count). The number of nitrogens with two attached hydrogens (primary N) is 1. The van der Waals surface area contributed by atoms with Crippen molar-refractivity contribution in [3.63, 3.8) is 0 Å². The van der Waals surface area contributed by atoms with Gasteiger partial charge in [-0.05, 0) is 26.2 Å². The Morgan fingerprint density at radius 3 is 3.00 bits per heavy atom. The molecule has 1 aromatic rings. The first-order chi connectivity index (χ1) is 6.81. The van der Waals surface area contributed by atoms with Gasteiger partial charge in [0.25, 0.3) is 0 Å². The molecule has 1 fully saturated rings. The number of aromatic nitrogens is 2. The van der Waals surface area contributed by atoms with Crippen molar-refractivity contribution >= 4 is 16.5 Å². The summed E-state index contributed by atoms with van der Waals surface area (Å²) in [6.07, 6.45) is 3.72. The van der Waals surface area contributed by atoms with E-state index >= 15 is 0 Å². The summed E-state index contributed by atoms with van der Waals surface area (Å²) >= 11 is 1.66. The van der Waals surface area contributed by atoms with E-state index < -0.39 is 0 Å². The van der Waals surface area contributed by atoms with Crippen LogP contribution in [0.25, 0.3) is 0 Å². The lowest BCUT2D eigenvalue weighted by Crippen LogP contribution is -2.44. The van der Waals surface area contributed by atoms with Crippen LogP contribution in [-0.2, 0) is 0 Å². The first-order valence-corrected chi connectivity index (χ1v) is 5.89. The largest absolute Gasteiger partial charge is 0.342 e. The van der Waals surface area contributed by atoms with Crippen LogP contribution in [0.3, 0.4) is 0 Å². The van der Waals surface area contributed by atoms with Gasteiger partial charge in [-0.25, -0.2) is 0 Å². The fraction of sp³-hybridized carbons (Fsp3) is 0.778. The standard InChI is InChI=1S/C9H16N4S/c1-7-11-12-9(14-7)13-5-3-2-4-8(13)6-10/h8H,2-6,10H2,1H3. The Morgan fingerprint density at radius 1 is 1.50 bits per heavy atom. The van der Waals surface area contributed by atoms with Crippen LogP contribution in [0, 0.1) is 6.92 Å². The summed E-state index contributed by atoms with van der Waals surface area (Å²) in [6.45, 7) is 3.79. The van der Waals surface area contributed by atoms with Gasteiger partial charge in [-0.15, -0.1) is 10.2 Å². The summed E-state index contributed by atoms with van der Waals surface area (Å²) < 4.78 is 0. The molecule has 1 atom stereocenters. The summed E-state index contributed by atoms with van der Waals surface area (Å²) in [5.41, 5.74) is 5.75. The molecule has 1 unspecified atom stereocenters. The van der Waals surface area contributed by atoms with E-state index in [-0.39, 0.29) is 0 Å². The third kappa shape index (κ3) is 1.88. The smallest absolute Gasteiger partial charge is 0.208 e. The molecule has 1 saturated heterocycles. The summed E-state index contributed by atoms with van der Waals surface area (Å²) in [5.74, 6) is 0. The molecule has 2 N–H and O–H groups in total. The maximum absolute atomic E-state index is 5.75. The lowest BCUT2D eigenvalue weighted by molar-refractivity contribution is 0.464. The second-order valence-corrected chi connectivity index (χ2v) is 4.84. The molecular weight excluding hydrogens is 196 g/mol. The normalized spacial score (nSPS) is 22.7. The quantitative estimate of drug-likeness (QED) is 0.799. The molecular formula is C9H16N4S. The van der Waals surface area contributed by atoms with Crippen LogP contribution < -0.4 is 10.6 Å². The van der Waals surface area contributed by atoms with Crippen molar-refractivity contribution in [3.8, 4) is 0 Å². The monoisotopic (exact) mass is 212 g/mol. The minimum atomic E-state index is 0.469. The van der Waals surface area contributed by atoms with E-state index in [1.165, 1.54) is 19.3 Å². The third-order valence-electron chi connectivity index (χ3n) is 2.66. The van der Waals surface area contributed by atoms with Gasteiger partial charge in [0.1, 0.15) is 5.01 Å². The number of anilines is 1. The number of rotatable bonds is 2. The zero-order valence-corrected chi connectivity index (χ0v) is 9.26. The lowest BCUT2D eigenvalue weighted by Gasteiger charge is -2.34. The van der Waals surface area contributed by atoms with E-state index in [4.69, 9.17) is 5.73 Å². The van der Waals surface area contributed by atoms with E-state index in [0.29, 0.717) is 6.04 Å². The highest BCUT2D eigenvalue weighted by Crippen LogP contribution is 2.26. The molecule has 0 amide bonds. The zero-order valence-electron chi connectivity index (χ0n) is 8.44. The van der Waals surface area contributed by atoms with E-state index in [1.54, 1.807) is 11.3 Å². The van der Waals surface area contributed by atoms with Gasteiger partial charge < -0.3 is 10.6 Å². The van der Waals surface area contributed by atoms with Crippen molar-refractivity contribution in [2.24, 2.45) is 5.73 Å². The molecule has 5 heteroatoms. The zero-order chi connectivity index (χ0) is 9.97. The number of aryl methyl sites for hydroxylation is 1. The van der Waals surface area contributed by atoms with Gasteiger partial charge in [0.15, 0.2) is 0 Å². The van der Waals surface area contributed by atoms with Crippen molar-refractivity contribution < 1.29 is 0 Å². The van der Waals surface area contributed by atoms with Crippen LogP contribution in [-0.4, -0.2) is 29.3 Å². The Morgan fingerprint density at radius 2 is 2.36 bits per heavy atom. The van der Waals surface area contributed by atoms with Crippen LogP contribution in [0.4, 0.5) is 5.13 Å². The molecule has 0 spiro atoms. The molecule has 0 bridgehead atoms. The first-order valence-electron chi connectivity index (χ1n) is 5.08. The molecule has 0 aliphatic carbocycles. The van der Waals surface area contributed by atoms with Crippen LogP contribution >= 0.6 is 11.3 Å². The third-order valence-corrected chi connectivity index (χ3v) is 3.54. The fourth-order valence-corrected chi connectivity index (χ4v) is 2.68. The highest BCUT2D eigenvalue weighted by Gasteiger charge is 2.23. The van der Waals surface area contributed by atoms with Crippen molar-refractivity contribution in [2.75, 3.05) is 18.0 Å². The van der Waals surface area contributed by atoms with Crippen molar-refractivity contribution in [1.29, 1.82) is 0 Å². The Kier molecular flexibility index (Phi) is 2.98. The number of hydrogen-bond donors (Lipinski definition) is 1. The highest BCUT2D eigenvalue weighted by atomic mass is 32.1. The molecule has 0 radical (unpaired) electrons.